The molecule has 4 rings (SSSR count). The minimum atomic E-state index is -3.18. The van der Waals surface area contributed by atoms with Gasteiger partial charge in [-0.15, -0.1) is 0 Å². The minimum Gasteiger partial charge on any atom is -0.291 e. The highest BCUT2D eigenvalue weighted by Gasteiger charge is 2.32. The van der Waals surface area contributed by atoms with E-state index in [1.807, 2.05) is 22.9 Å². The predicted molar refractivity (Wildman–Crippen MR) is 137 cm³/mol. The number of imidazole rings is 1. The Labute approximate surface area is 214 Å². The number of benzene rings is 2. The van der Waals surface area contributed by atoms with E-state index in [0.717, 1.165) is 34.3 Å². The molecule has 10 heteroatoms. The fourth-order valence-corrected chi connectivity index (χ4v) is 6.51. The molecule has 1 saturated heterocycles. The number of hydrogen-bond acceptors (Lipinski definition) is 4. The summed E-state index contributed by atoms with van der Waals surface area (Å²) in [4.78, 5) is 4.72. The molecule has 1 unspecified atom stereocenters. The second kappa shape index (κ2) is 9.82. The van der Waals surface area contributed by atoms with E-state index < -0.39 is 15.4 Å². The Bertz CT molecular complexity index is 1290. The Morgan fingerprint density at radius 3 is 2.47 bits per heavy atom. The van der Waals surface area contributed by atoms with Crippen LogP contribution in [0, 0.1) is 11.7 Å². The summed E-state index contributed by atoms with van der Waals surface area (Å²) in [5, 5.41) is 1.74. The third-order valence-corrected chi connectivity index (χ3v) is 9.45. The van der Waals surface area contributed by atoms with Gasteiger partial charge in [0, 0.05) is 29.9 Å². The van der Waals surface area contributed by atoms with Gasteiger partial charge < -0.3 is 0 Å². The van der Waals surface area contributed by atoms with Gasteiger partial charge in [-0.1, -0.05) is 54.9 Å². The van der Waals surface area contributed by atoms with Gasteiger partial charge in [-0.3, -0.25) is 4.57 Å². The molecular weight excluding hydrogens is 516 g/mol. The molecule has 1 aromatic heterocycles. The summed E-state index contributed by atoms with van der Waals surface area (Å²) in [5.74, 6) is 0.663. The summed E-state index contributed by atoms with van der Waals surface area (Å²) in [5.41, 5.74) is 2.22. The second-order valence-corrected chi connectivity index (χ2v) is 12.9. The fourth-order valence-electron chi connectivity index (χ4n) is 4.18. The third-order valence-electron chi connectivity index (χ3n) is 6.26. The topological polar surface area (TPSA) is 55.2 Å². The molecule has 0 bridgehead atoms. The first-order valence-electron chi connectivity index (χ1n) is 10.8. The average Bonchev–Trinajstić information content (AvgIpc) is 3.42. The highest BCUT2D eigenvalue weighted by molar-refractivity contribution is 7.99. The van der Waals surface area contributed by atoms with E-state index in [2.05, 4.69) is 13.8 Å². The number of hydrogen-bond donors (Lipinski definition) is 0. The van der Waals surface area contributed by atoms with E-state index >= 15 is 0 Å². The van der Waals surface area contributed by atoms with Crippen molar-refractivity contribution in [1.29, 1.82) is 0 Å². The van der Waals surface area contributed by atoms with Crippen LogP contribution in [-0.4, -0.2) is 47.4 Å². The van der Waals surface area contributed by atoms with Gasteiger partial charge in [0.05, 0.1) is 28.2 Å². The Kier molecular flexibility index (Phi) is 7.37. The number of thioether (sulfide) groups is 1. The quantitative estimate of drug-likeness (QED) is 0.343. The lowest BCUT2D eigenvalue weighted by Crippen LogP contribution is -2.27. The summed E-state index contributed by atoms with van der Waals surface area (Å²) in [6.07, 6.45) is 3.91. The van der Waals surface area contributed by atoms with E-state index in [1.165, 1.54) is 22.7 Å². The van der Waals surface area contributed by atoms with Crippen LogP contribution in [0.4, 0.5) is 4.39 Å². The summed E-state index contributed by atoms with van der Waals surface area (Å²) >= 11 is 14.0. The first-order chi connectivity index (χ1) is 16.0. The van der Waals surface area contributed by atoms with Gasteiger partial charge in [0.1, 0.15) is 5.82 Å². The fraction of sp³-hybridized carbons (Fsp3) is 0.375. The van der Waals surface area contributed by atoms with Crippen molar-refractivity contribution in [2.75, 3.05) is 25.1 Å². The van der Waals surface area contributed by atoms with E-state index in [9.17, 15) is 12.8 Å². The first-order valence-corrected chi connectivity index (χ1v) is 14.4. The highest BCUT2D eigenvalue weighted by atomic mass is 35.5. The molecule has 0 radical (unpaired) electrons. The highest BCUT2D eigenvalue weighted by Crippen LogP contribution is 2.38. The van der Waals surface area contributed by atoms with Crippen LogP contribution in [0.15, 0.2) is 53.8 Å². The van der Waals surface area contributed by atoms with Crippen LogP contribution in [0.25, 0.3) is 5.69 Å². The van der Waals surface area contributed by atoms with Crippen molar-refractivity contribution in [3.8, 4) is 5.69 Å². The zero-order valence-corrected chi connectivity index (χ0v) is 22.3. The molecule has 1 atom stereocenters. The molecular formula is C24H26Cl2FN3O2S2. The smallest absolute Gasteiger partial charge is 0.211 e. The lowest BCUT2D eigenvalue weighted by molar-refractivity contribution is 0.471. The summed E-state index contributed by atoms with van der Waals surface area (Å²) < 4.78 is 41.0. The monoisotopic (exact) mass is 541 g/mol. The van der Waals surface area contributed by atoms with E-state index in [-0.39, 0.29) is 11.7 Å². The van der Waals surface area contributed by atoms with Gasteiger partial charge >= 0.3 is 0 Å². The van der Waals surface area contributed by atoms with Crippen molar-refractivity contribution in [3.05, 3.63) is 75.8 Å². The molecule has 34 heavy (non-hydrogen) atoms. The Morgan fingerprint density at radius 1 is 1.15 bits per heavy atom. The molecule has 1 aliphatic heterocycles. The molecule has 2 aromatic carbocycles. The van der Waals surface area contributed by atoms with E-state index in [4.69, 9.17) is 28.2 Å². The van der Waals surface area contributed by atoms with Gasteiger partial charge in [-0.25, -0.2) is 22.1 Å². The zero-order valence-electron chi connectivity index (χ0n) is 19.1. The number of nitrogens with zero attached hydrogens (tertiary/aromatic N) is 3. The van der Waals surface area contributed by atoms with E-state index in [1.54, 1.807) is 30.0 Å². The largest absolute Gasteiger partial charge is 0.291 e. The summed E-state index contributed by atoms with van der Waals surface area (Å²) in [7, 11) is -3.18. The van der Waals surface area contributed by atoms with Crippen LogP contribution in [0.2, 0.25) is 10.0 Å². The number of rotatable bonds is 7. The molecule has 1 fully saturated rings. The number of aromatic nitrogens is 2. The molecule has 0 saturated carbocycles. The Morgan fingerprint density at radius 2 is 1.85 bits per heavy atom. The van der Waals surface area contributed by atoms with Crippen LogP contribution in [0.3, 0.4) is 0 Å². The van der Waals surface area contributed by atoms with Crippen LogP contribution in [0.1, 0.15) is 31.5 Å². The maximum absolute atomic E-state index is 13.7. The molecule has 0 amide bonds. The van der Waals surface area contributed by atoms with Crippen LogP contribution >= 0.6 is 35.0 Å². The van der Waals surface area contributed by atoms with Gasteiger partial charge in [0.25, 0.3) is 0 Å². The minimum absolute atomic E-state index is 0.240. The predicted octanol–water partition coefficient (Wildman–Crippen LogP) is 6.02. The average molecular weight is 543 g/mol. The lowest BCUT2D eigenvalue weighted by atomic mass is 9.81. The van der Waals surface area contributed by atoms with Crippen molar-refractivity contribution in [1.82, 2.24) is 13.9 Å². The lowest BCUT2D eigenvalue weighted by Gasteiger charge is -2.28. The maximum atomic E-state index is 13.7. The standard InChI is InChI=1S/C24H26Cl2FN3O2S2/c1-24(2,17-4-9-20(25)21(26)12-17)22-13-28-23(30(22)19-7-5-18(27)6-8-19)33-15-16-10-11-29(14-16)34(3,31)32/h4-9,12-13,16H,10-11,14-15H2,1-3H3. The van der Waals surface area contributed by atoms with Gasteiger partial charge in [0.2, 0.25) is 10.0 Å². The van der Waals surface area contributed by atoms with Crippen LogP contribution in [0.5, 0.6) is 0 Å². The third kappa shape index (κ3) is 5.31. The molecule has 182 valence electrons. The maximum Gasteiger partial charge on any atom is 0.211 e. The van der Waals surface area contributed by atoms with Gasteiger partial charge in [-0.2, -0.15) is 0 Å². The van der Waals surface area contributed by atoms with Crippen molar-refractivity contribution >= 4 is 45.0 Å². The van der Waals surface area contributed by atoms with Gasteiger partial charge in [-0.05, 0) is 54.3 Å². The number of halogens is 3. The first kappa shape index (κ1) is 25.5. The van der Waals surface area contributed by atoms with Crippen molar-refractivity contribution in [2.24, 2.45) is 5.92 Å². The molecule has 0 spiro atoms. The summed E-state index contributed by atoms with van der Waals surface area (Å²) in [6, 6.07) is 11.9. The van der Waals surface area contributed by atoms with Gasteiger partial charge in [0.15, 0.2) is 5.16 Å². The van der Waals surface area contributed by atoms with E-state index in [0.29, 0.717) is 23.1 Å². The Hall–Kier alpha value is -1.58. The molecule has 0 aliphatic carbocycles. The van der Waals surface area contributed by atoms with Crippen molar-refractivity contribution < 1.29 is 12.8 Å². The molecule has 5 nitrogen and oxygen atoms in total. The normalized spacial score (nSPS) is 17.4. The summed E-state index contributed by atoms with van der Waals surface area (Å²) in [6.45, 7) is 5.23. The molecule has 0 N–H and O–H groups in total. The number of sulfonamides is 1. The zero-order chi connectivity index (χ0) is 24.7. The molecule has 2 heterocycles. The van der Waals surface area contributed by atoms with Crippen molar-refractivity contribution in [2.45, 2.75) is 30.8 Å². The van der Waals surface area contributed by atoms with Crippen molar-refractivity contribution in [3.63, 3.8) is 0 Å². The van der Waals surface area contributed by atoms with Crippen LogP contribution < -0.4 is 0 Å². The Balaban J connectivity index is 1.68. The second-order valence-electron chi connectivity index (χ2n) is 9.08. The molecule has 3 aromatic rings. The SMILES string of the molecule is CC(C)(c1ccc(Cl)c(Cl)c1)c1cnc(SCC2CCN(S(C)(=O)=O)C2)n1-c1ccc(F)cc1. The molecule has 1 aliphatic rings. The van der Waals surface area contributed by atoms with Crippen LogP contribution in [-0.2, 0) is 15.4 Å².